The molecule has 3 aromatic heterocycles. The van der Waals surface area contributed by atoms with E-state index in [1.54, 1.807) is 17.5 Å². The van der Waals surface area contributed by atoms with Crippen LogP contribution < -0.4 is 10.6 Å². The fourth-order valence-corrected chi connectivity index (χ4v) is 4.16. The lowest BCUT2D eigenvalue weighted by Gasteiger charge is -2.15. The molecule has 1 aliphatic rings. The molecule has 25 heavy (non-hydrogen) atoms. The second-order valence-corrected chi connectivity index (χ2v) is 7.98. The molecule has 0 bridgehead atoms. The minimum atomic E-state index is 0.480. The highest BCUT2D eigenvalue weighted by Crippen LogP contribution is 2.26. The van der Waals surface area contributed by atoms with Crippen LogP contribution in [0.25, 0.3) is 21.7 Å². The highest BCUT2D eigenvalue weighted by molar-refractivity contribution is 7.80. The van der Waals surface area contributed by atoms with Gasteiger partial charge in [0.2, 0.25) is 0 Å². The van der Waals surface area contributed by atoms with Crippen LogP contribution in [0.5, 0.6) is 0 Å². The summed E-state index contributed by atoms with van der Waals surface area (Å²) < 4.78 is 0. The van der Waals surface area contributed by atoms with Gasteiger partial charge in [-0.3, -0.25) is 4.98 Å². The topological polar surface area (TPSA) is 62.7 Å². The van der Waals surface area contributed by atoms with Gasteiger partial charge >= 0.3 is 0 Å². The van der Waals surface area contributed by atoms with E-state index in [4.69, 9.17) is 12.2 Å². The predicted molar refractivity (Wildman–Crippen MR) is 107 cm³/mol. The number of aryl methyl sites for hydroxylation is 1. The van der Waals surface area contributed by atoms with E-state index in [1.807, 2.05) is 12.1 Å². The smallest absolute Gasteiger partial charge is 0.180 e. The molecule has 0 atom stereocenters. The van der Waals surface area contributed by atoms with Gasteiger partial charge in [0, 0.05) is 10.9 Å². The van der Waals surface area contributed by atoms with Crippen molar-refractivity contribution < 1.29 is 0 Å². The Bertz CT molecular complexity index is 915. The van der Waals surface area contributed by atoms with Gasteiger partial charge in [0.25, 0.3) is 0 Å². The first kappa shape index (κ1) is 16.4. The molecule has 0 saturated heterocycles. The van der Waals surface area contributed by atoms with Crippen LogP contribution in [0, 0.1) is 6.92 Å². The number of hydrogen-bond acceptors (Lipinski definition) is 5. The number of thiophene rings is 1. The molecule has 128 valence electrons. The van der Waals surface area contributed by atoms with Gasteiger partial charge in [-0.05, 0) is 56.2 Å². The maximum absolute atomic E-state index is 5.40. The number of thiocarbonyl (C=S) groups is 1. The van der Waals surface area contributed by atoms with E-state index in [2.05, 4.69) is 44.6 Å². The SMILES string of the molecule is Cc1ccc(-c2cnc3ccc(NC(=S)NC4CCCC4)nc3n2)s1. The van der Waals surface area contributed by atoms with Gasteiger partial charge in [0.05, 0.1) is 11.1 Å². The molecule has 1 saturated carbocycles. The fourth-order valence-electron chi connectivity index (χ4n) is 3.07. The minimum Gasteiger partial charge on any atom is -0.360 e. The Morgan fingerprint density at radius 2 is 2.00 bits per heavy atom. The Hall–Kier alpha value is -2.12. The van der Waals surface area contributed by atoms with Crippen molar-refractivity contribution in [2.24, 2.45) is 0 Å². The zero-order valence-electron chi connectivity index (χ0n) is 14.0. The molecule has 2 N–H and O–H groups in total. The number of aromatic nitrogens is 3. The van der Waals surface area contributed by atoms with Gasteiger partial charge in [0.1, 0.15) is 17.0 Å². The van der Waals surface area contributed by atoms with Crippen molar-refractivity contribution in [2.75, 3.05) is 5.32 Å². The van der Waals surface area contributed by atoms with Crippen LogP contribution in [-0.4, -0.2) is 26.1 Å². The first-order chi connectivity index (χ1) is 12.2. The molecule has 0 spiro atoms. The van der Waals surface area contributed by atoms with Crippen molar-refractivity contribution in [3.63, 3.8) is 0 Å². The molecule has 4 rings (SSSR count). The zero-order valence-corrected chi connectivity index (χ0v) is 15.6. The molecule has 7 heteroatoms. The summed E-state index contributed by atoms with van der Waals surface area (Å²) in [5.41, 5.74) is 2.25. The van der Waals surface area contributed by atoms with Gasteiger partial charge in [0.15, 0.2) is 10.8 Å². The summed E-state index contributed by atoms with van der Waals surface area (Å²) in [5, 5.41) is 7.15. The molecular weight excluding hydrogens is 350 g/mol. The van der Waals surface area contributed by atoms with Gasteiger partial charge < -0.3 is 10.6 Å². The Morgan fingerprint density at radius 1 is 1.16 bits per heavy atom. The molecule has 1 fully saturated rings. The number of nitrogens with zero attached hydrogens (tertiary/aromatic N) is 3. The highest BCUT2D eigenvalue weighted by atomic mass is 32.1. The number of hydrogen-bond donors (Lipinski definition) is 2. The van der Waals surface area contributed by atoms with Gasteiger partial charge in [-0.15, -0.1) is 11.3 Å². The van der Waals surface area contributed by atoms with E-state index < -0.39 is 0 Å². The van der Waals surface area contributed by atoms with Gasteiger partial charge in [-0.2, -0.15) is 0 Å². The predicted octanol–water partition coefficient (Wildman–Crippen LogP) is 4.29. The normalized spacial score (nSPS) is 14.8. The van der Waals surface area contributed by atoms with Crippen LogP contribution >= 0.6 is 23.6 Å². The van der Waals surface area contributed by atoms with Crippen molar-refractivity contribution in [2.45, 2.75) is 38.6 Å². The van der Waals surface area contributed by atoms with Crippen LogP contribution in [0.15, 0.2) is 30.5 Å². The van der Waals surface area contributed by atoms with Gasteiger partial charge in [-0.25, -0.2) is 9.97 Å². The third-order valence-corrected chi connectivity index (χ3v) is 5.57. The summed E-state index contributed by atoms with van der Waals surface area (Å²) in [7, 11) is 0. The van der Waals surface area contributed by atoms with Crippen LogP contribution in [0.4, 0.5) is 5.82 Å². The quantitative estimate of drug-likeness (QED) is 0.672. The van der Waals surface area contributed by atoms with Crippen molar-refractivity contribution in [3.05, 3.63) is 35.3 Å². The average molecular weight is 370 g/mol. The molecule has 0 amide bonds. The molecule has 0 aliphatic heterocycles. The van der Waals surface area contributed by atoms with Crippen LogP contribution in [0.2, 0.25) is 0 Å². The molecular formula is C18H19N5S2. The van der Waals surface area contributed by atoms with E-state index in [9.17, 15) is 0 Å². The minimum absolute atomic E-state index is 0.480. The highest BCUT2D eigenvalue weighted by Gasteiger charge is 2.15. The first-order valence-corrected chi connectivity index (χ1v) is 9.68. The Labute approximate surface area is 155 Å². The summed E-state index contributed by atoms with van der Waals surface area (Å²) >= 11 is 7.11. The van der Waals surface area contributed by atoms with Crippen molar-refractivity contribution in [1.29, 1.82) is 0 Å². The largest absolute Gasteiger partial charge is 0.360 e. The summed E-state index contributed by atoms with van der Waals surface area (Å²) in [6, 6.07) is 8.44. The average Bonchev–Trinajstić information content (AvgIpc) is 3.26. The Morgan fingerprint density at radius 3 is 2.76 bits per heavy atom. The van der Waals surface area contributed by atoms with E-state index >= 15 is 0 Å². The van der Waals surface area contributed by atoms with Crippen LogP contribution in [0.3, 0.4) is 0 Å². The molecule has 0 radical (unpaired) electrons. The summed E-state index contributed by atoms with van der Waals surface area (Å²) in [5.74, 6) is 0.691. The number of fused-ring (bicyclic) bond motifs is 1. The maximum atomic E-state index is 5.40. The monoisotopic (exact) mass is 369 g/mol. The Kier molecular flexibility index (Phi) is 4.59. The molecule has 5 nitrogen and oxygen atoms in total. The lowest BCUT2D eigenvalue weighted by molar-refractivity contribution is 0.634. The van der Waals surface area contributed by atoms with Crippen molar-refractivity contribution in [3.8, 4) is 10.6 Å². The molecule has 0 unspecified atom stereocenters. The van der Waals surface area contributed by atoms with Crippen LogP contribution in [0.1, 0.15) is 30.6 Å². The lowest BCUT2D eigenvalue weighted by Crippen LogP contribution is -2.36. The molecule has 1 aliphatic carbocycles. The summed E-state index contributed by atoms with van der Waals surface area (Å²) in [4.78, 5) is 16.1. The second kappa shape index (κ2) is 7.01. The number of anilines is 1. The lowest BCUT2D eigenvalue weighted by atomic mass is 10.3. The van der Waals surface area contributed by atoms with Crippen molar-refractivity contribution in [1.82, 2.24) is 20.3 Å². The third-order valence-electron chi connectivity index (χ3n) is 4.33. The first-order valence-electron chi connectivity index (χ1n) is 8.45. The standard InChI is InChI=1S/C18H19N5S2/c1-11-6-8-15(25-11)14-10-19-13-7-9-16(22-17(13)21-14)23-18(24)20-12-4-2-3-5-12/h6-10,12H,2-5H2,1H3,(H2,20,21,22,23,24). The molecule has 3 aromatic rings. The third kappa shape index (κ3) is 3.77. The summed E-state index contributed by atoms with van der Waals surface area (Å²) in [6.45, 7) is 2.08. The van der Waals surface area contributed by atoms with Crippen LogP contribution in [-0.2, 0) is 0 Å². The number of nitrogens with one attached hydrogen (secondary N) is 2. The second-order valence-electron chi connectivity index (χ2n) is 6.28. The van der Waals surface area contributed by atoms with E-state index in [1.165, 1.54) is 30.6 Å². The van der Waals surface area contributed by atoms with E-state index in [-0.39, 0.29) is 0 Å². The summed E-state index contributed by atoms with van der Waals surface area (Å²) in [6.07, 6.45) is 6.71. The fraction of sp³-hybridized carbons (Fsp3) is 0.333. The number of rotatable bonds is 3. The van der Waals surface area contributed by atoms with Gasteiger partial charge in [-0.1, -0.05) is 12.8 Å². The Balaban J connectivity index is 1.54. The molecule has 3 heterocycles. The zero-order chi connectivity index (χ0) is 17.2. The molecule has 0 aromatic carbocycles. The van der Waals surface area contributed by atoms with E-state index in [0.717, 1.165) is 16.1 Å². The van der Waals surface area contributed by atoms with Crippen molar-refractivity contribution >= 4 is 45.6 Å². The van der Waals surface area contributed by atoms with E-state index in [0.29, 0.717) is 22.6 Å². The number of pyridine rings is 1. The maximum Gasteiger partial charge on any atom is 0.180 e.